The summed E-state index contributed by atoms with van der Waals surface area (Å²) in [6, 6.07) is 0. The third-order valence-corrected chi connectivity index (χ3v) is 4.81. The van der Waals surface area contributed by atoms with E-state index in [1.54, 1.807) is 14.2 Å². The quantitative estimate of drug-likeness (QED) is 0.476. The third kappa shape index (κ3) is 4.65. The van der Waals surface area contributed by atoms with Crippen molar-refractivity contribution in [1.29, 1.82) is 0 Å². The molecule has 0 aromatic rings. The largest absolute Gasteiger partial charge is 0.415 e. The molecular weight excluding hydrogens is 240 g/mol. The fourth-order valence-electron chi connectivity index (χ4n) is 2.21. The summed E-state index contributed by atoms with van der Waals surface area (Å²) in [5.41, 5.74) is -0.488. The van der Waals surface area contributed by atoms with Gasteiger partial charge in [0.05, 0.1) is 31.1 Å². The Hall–Kier alpha value is 0.0169. The molecule has 3 atom stereocenters. The summed E-state index contributed by atoms with van der Waals surface area (Å²) >= 11 is 0. The Morgan fingerprint density at radius 1 is 1.18 bits per heavy atom. The summed E-state index contributed by atoms with van der Waals surface area (Å²) in [6.45, 7) is 1.73. The van der Waals surface area contributed by atoms with Gasteiger partial charge < -0.3 is 23.4 Å². The molecule has 2 rings (SSSR count). The predicted octanol–water partition coefficient (Wildman–Crippen LogP) is 0.252. The van der Waals surface area contributed by atoms with Crippen molar-refractivity contribution in [3.63, 3.8) is 0 Å². The molecule has 0 amide bonds. The molecule has 0 aromatic carbocycles. The second-order valence-corrected chi connectivity index (χ2v) is 6.85. The summed E-state index contributed by atoms with van der Waals surface area (Å²) in [6.07, 6.45) is 3.53. The Morgan fingerprint density at radius 2 is 1.65 bits per heavy atom. The van der Waals surface area contributed by atoms with Crippen molar-refractivity contribution in [1.82, 2.24) is 0 Å². The van der Waals surface area contributed by atoms with Crippen LogP contribution in [0.25, 0.3) is 0 Å². The lowest BCUT2D eigenvalue weighted by Gasteiger charge is -2.21. The zero-order valence-electron chi connectivity index (χ0n) is 10.4. The molecule has 3 unspecified atom stereocenters. The second-order valence-electron chi connectivity index (χ2n) is 4.73. The molecular formula is C11H21O5Si. The zero-order valence-corrected chi connectivity index (χ0v) is 11.4. The van der Waals surface area contributed by atoms with Gasteiger partial charge in [0, 0.05) is 14.2 Å². The first kappa shape index (κ1) is 13.4. The summed E-state index contributed by atoms with van der Waals surface area (Å²) in [5.74, 6) is 0.440. The zero-order chi connectivity index (χ0) is 12.3. The first-order valence-corrected chi connectivity index (χ1v) is 7.48. The number of hydrogen-bond donors (Lipinski definition) is 1. The molecule has 2 saturated heterocycles. The molecule has 99 valence electrons. The Labute approximate surface area is 104 Å². The maximum absolute atomic E-state index is 10.1. The Bertz CT molecular complexity index is 214. The lowest BCUT2D eigenvalue weighted by molar-refractivity contribution is 0.135. The standard InChI is InChI=1S/C11H21O5Si/c1-13-17(14-2)11(12)5-8(3-9-6-15-9)4-10-7-16-10/h8-12H,3-7H2,1-2H3. The fourth-order valence-corrected chi connectivity index (χ4v) is 3.44. The highest BCUT2D eigenvalue weighted by atomic mass is 28.3. The number of aliphatic hydroxyl groups is 1. The van der Waals surface area contributed by atoms with Crippen LogP contribution in [0.1, 0.15) is 19.3 Å². The molecule has 2 fully saturated rings. The molecule has 0 saturated carbocycles. The summed E-state index contributed by atoms with van der Waals surface area (Å²) < 4.78 is 20.9. The van der Waals surface area contributed by atoms with Gasteiger partial charge in [-0.1, -0.05) is 0 Å². The number of rotatable bonds is 9. The van der Waals surface area contributed by atoms with Gasteiger partial charge in [0.1, 0.15) is 0 Å². The number of ether oxygens (including phenoxy) is 2. The van der Waals surface area contributed by atoms with Crippen LogP contribution in [0.5, 0.6) is 0 Å². The Kier molecular flexibility index (Phi) is 4.95. The number of epoxide rings is 2. The van der Waals surface area contributed by atoms with E-state index < -0.39 is 15.0 Å². The van der Waals surface area contributed by atoms with E-state index in [0.717, 1.165) is 32.5 Å². The van der Waals surface area contributed by atoms with Gasteiger partial charge in [-0.25, -0.2) is 0 Å². The first-order valence-electron chi connectivity index (χ1n) is 6.09. The minimum absolute atomic E-state index is 0.395. The van der Waals surface area contributed by atoms with Crippen LogP contribution in [-0.4, -0.2) is 59.8 Å². The average molecular weight is 261 g/mol. The lowest BCUT2D eigenvalue weighted by atomic mass is 9.94. The molecule has 17 heavy (non-hydrogen) atoms. The summed E-state index contributed by atoms with van der Waals surface area (Å²) in [4.78, 5) is 0. The Balaban J connectivity index is 1.76. The molecule has 1 N–H and O–H groups in total. The predicted molar refractivity (Wildman–Crippen MR) is 62.6 cm³/mol. The van der Waals surface area contributed by atoms with Crippen LogP contribution >= 0.6 is 0 Å². The minimum atomic E-state index is -1.55. The minimum Gasteiger partial charge on any atom is -0.395 e. The van der Waals surface area contributed by atoms with E-state index in [9.17, 15) is 5.11 Å². The van der Waals surface area contributed by atoms with Crippen molar-refractivity contribution >= 4 is 9.28 Å². The van der Waals surface area contributed by atoms with E-state index >= 15 is 0 Å². The third-order valence-electron chi connectivity index (χ3n) is 3.23. The molecule has 0 aliphatic carbocycles. The topological polar surface area (TPSA) is 63.8 Å². The highest BCUT2D eigenvalue weighted by Crippen LogP contribution is 2.30. The summed E-state index contributed by atoms with van der Waals surface area (Å²) in [5, 5.41) is 10.1. The molecule has 0 bridgehead atoms. The van der Waals surface area contributed by atoms with E-state index in [4.69, 9.17) is 18.3 Å². The van der Waals surface area contributed by atoms with Crippen molar-refractivity contribution in [3.8, 4) is 0 Å². The van der Waals surface area contributed by atoms with Gasteiger partial charge in [0.25, 0.3) is 0 Å². The van der Waals surface area contributed by atoms with E-state index in [0.29, 0.717) is 18.1 Å². The van der Waals surface area contributed by atoms with Crippen molar-refractivity contribution in [2.45, 2.75) is 37.2 Å². The van der Waals surface area contributed by atoms with Gasteiger partial charge >= 0.3 is 9.28 Å². The van der Waals surface area contributed by atoms with Crippen LogP contribution in [0.4, 0.5) is 0 Å². The van der Waals surface area contributed by atoms with Gasteiger partial charge in [-0.2, -0.15) is 0 Å². The Morgan fingerprint density at radius 3 is 2.00 bits per heavy atom. The van der Waals surface area contributed by atoms with Crippen LogP contribution in [0.15, 0.2) is 0 Å². The molecule has 6 heteroatoms. The molecule has 2 aliphatic rings. The first-order chi connectivity index (χ1) is 8.22. The van der Waals surface area contributed by atoms with Crippen molar-refractivity contribution in [2.75, 3.05) is 27.4 Å². The van der Waals surface area contributed by atoms with Gasteiger partial charge in [-0.05, 0) is 25.2 Å². The monoisotopic (exact) mass is 261 g/mol. The average Bonchev–Trinajstić information content (AvgIpc) is 3.15. The van der Waals surface area contributed by atoms with Gasteiger partial charge in [0.15, 0.2) is 0 Å². The van der Waals surface area contributed by atoms with Gasteiger partial charge in [-0.15, -0.1) is 0 Å². The summed E-state index contributed by atoms with van der Waals surface area (Å²) in [7, 11) is 1.62. The maximum atomic E-state index is 10.1. The highest BCUT2D eigenvalue weighted by Gasteiger charge is 2.35. The van der Waals surface area contributed by atoms with Gasteiger partial charge in [-0.3, -0.25) is 0 Å². The number of aliphatic hydroxyl groups excluding tert-OH is 1. The molecule has 5 nitrogen and oxygen atoms in total. The SMILES string of the molecule is CO[Si](OC)C(O)CC(CC1CO1)CC1CO1. The van der Waals surface area contributed by atoms with Crippen molar-refractivity contribution in [3.05, 3.63) is 0 Å². The van der Waals surface area contributed by atoms with Gasteiger partial charge in [0.2, 0.25) is 0 Å². The van der Waals surface area contributed by atoms with E-state index in [1.807, 2.05) is 0 Å². The number of hydrogen-bond acceptors (Lipinski definition) is 5. The second kappa shape index (κ2) is 6.26. The lowest BCUT2D eigenvalue weighted by Crippen LogP contribution is -2.37. The molecule has 2 heterocycles. The van der Waals surface area contributed by atoms with Crippen LogP contribution in [0.2, 0.25) is 0 Å². The van der Waals surface area contributed by atoms with Crippen LogP contribution in [0.3, 0.4) is 0 Å². The molecule has 2 aliphatic heterocycles. The fraction of sp³-hybridized carbons (Fsp3) is 1.00. The molecule has 1 radical (unpaired) electrons. The van der Waals surface area contributed by atoms with E-state index in [1.165, 1.54) is 0 Å². The molecule has 0 aromatic heterocycles. The van der Waals surface area contributed by atoms with Crippen molar-refractivity contribution < 1.29 is 23.4 Å². The molecule has 0 spiro atoms. The van der Waals surface area contributed by atoms with Crippen LogP contribution in [-0.2, 0) is 18.3 Å². The smallest absolute Gasteiger partial charge is 0.395 e. The van der Waals surface area contributed by atoms with Crippen LogP contribution < -0.4 is 0 Å². The maximum Gasteiger partial charge on any atom is 0.415 e. The van der Waals surface area contributed by atoms with Crippen LogP contribution in [0, 0.1) is 5.92 Å². The van der Waals surface area contributed by atoms with E-state index in [-0.39, 0.29) is 0 Å². The highest BCUT2D eigenvalue weighted by molar-refractivity contribution is 6.45. The van der Waals surface area contributed by atoms with Crippen molar-refractivity contribution in [2.24, 2.45) is 5.92 Å². The van der Waals surface area contributed by atoms with E-state index in [2.05, 4.69) is 0 Å². The normalized spacial score (nSPS) is 30.4.